The number of nitrogens with two attached hydrogens (primary N) is 1. The van der Waals surface area contributed by atoms with Gasteiger partial charge in [-0.25, -0.2) is 5.43 Å². The molecule has 65 heavy (non-hydrogen) atoms. The number of nitrogens with zero attached hydrogens (tertiary/aromatic N) is 5. The van der Waals surface area contributed by atoms with Gasteiger partial charge in [-0.15, -0.1) is 11.8 Å². The summed E-state index contributed by atoms with van der Waals surface area (Å²) in [6.07, 6.45) is 7.22. The number of rotatable bonds is 6. The highest BCUT2D eigenvalue weighted by Gasteiger charge is 2.48. The Labute approximate surface area is 385 Å². The smallest absolute Gasteiger partial charge is 0.324 e. The predicted molar refractivity (Wildman–Crippen MR) is 251 cm³/mol. The van der Waals surface area contributed by atoms with Crippen LogP contribution in [-0.2, 0) is 40.0 Å². The number of cyclic esters (lactones) is 1. The molecule has 4 amide bonds. The summed E-state index contributed by atoms with van der Waals surface area (Å²) in [6.45, 7) is 14.2. The second-order valence-corrected chi connectivity index (χ2v) is 20.2. The van der Waals surface area contributed by atoms with Crippen LogP contribution in [0.1, 0.15) is 108 Å². The number of likely N-dealkylation sites (tertiary alicyclic amines) is 2. The van der Waals surface area contributed by atoms with Crippen LogP contribution in [0, 0.1) is 11.3 Å². The van der Waals surface area contributed by atoms with Gasteiger partial charge in [-0.05, 0) is 92.3 Å². The number of carbonyl (C=O) groups is 5. The Morgan fingerprint density at radius 3 is 2.68 bits per heavy atom. The summed E-state index contributed by atoms with van der Waals surface area (Å²) in [5.41, 5.74) is 15.9. The van der Waals surface area contributed by atoms with Gasteiger partial charge in [0.25, 0.3) is 5.91 Å². The van der Waals surface area contributed by atoms with E-state index in [4.69, 9.17) is 20.2 Å². The number of aromatic nitrogens is 2. The minimum Gasteiger partial charge on any atom is -0.464 e. The number of esters is 1. The molecule has 15 nitrogen and oxygen atoms in total. The summed E-state index contributed by atoms with van der Waals surface area (Å²) < 4.78 is 14.9. The molecule has 2 aromatic heterocycles. The van der Waals surface area contributed by atoms with Crippen molar-refractivity contribution in [1.29, 1.82) is 0 Å². The highest BCUT2D eigenvalue weighted by atomic mass is 32.2. The normalized spacial score (nSPS) is 28.2. The van der Waals surface area contributed by atoms with Crippen molar-refractivity contribution in [2.45, 2.75) is 121 Å². The van der Waals surface area contributed by atoms with Crippen molar-refractivity contribution >= 4 is 58.0 Å². The monoisotopic (exact) mass is 908 g/mol. The van der Waals surface area contributed by atoms with E-state index in [-0.39, 0.29) is 48.5 Å². The molecule has 3 fully saturated rings. The van der Waals surface area contributed by atoms with Crippen molar-refractivity contribution in [3.05, 3.63) is 71.4 Å². The molecule has 0 saturated carbocycles. The summed E-state index contributed by atoms with van der Waals surface area (Å²) in [4.78, 5) is 77.9. The number of ether oxygens (including phenoxy) is 2. The minimum absolute atomic E-state index is 0.0670. The van der Waals surface area contributed by atoms with E-state index < -0.39 is 47.4 Å². The maximum absolute atomic E-state index is 14.7. The lowest BCUT2D eigenvalue weighted by atomic mass is 9.67. The van der Waals surface area contributed by atoms with E-state index in [1.54, 1.807) is 23.1 Å². The number of pyridine rings is 1. The van der Waals surface area contributed by atoms with Crippen LogP contribution in [-0.4, -0.2) is 117 Å². The molecule has 0 spiro atoms. The number of fused-ring (bicyclic) bond motifs is 5. The molecule has 5 aliphatic rings. The lowest BCUT2D eigenvalue weighted by Crippen LogP contribution is -2.62. The molecule has 4 bridgehead atoms. The first-order valence-electron chi connectivity index (χ1n) is 23.3. The van der Waals surface area contributed by atoms with Gasteiger partial charge in [0.05, 0.1) is 23.9 Å². The summed E-state index contributed by atoms with van der Waals surface area (Å²) in [7, 11) is 1.70. The van der Waals surface area contributed by atoms with Crippen molar-refractivity contribution in [2.24, 2.45) is 17.1 Å². The summed E-state index contributed by atoms with van der Waals surface area (Å²) in [6, 6.07) is 7.78. The number of methoxy groups -OCH3 is 1. The van der Waals surface area contributed by atoms with E-state index in [1.807, 2.05) is 24.5 Å². The van der Waals surface area contributed by atoms with E-state index in [9.17, 15) is 24.0 Å². The Morgan fingerprint density at radius 1 is 1.09 bits per heavy atom. The number of benzene rings is 1. The number of hydrazine groups is 1. The Balaban J connectivity index is 1.13. The highest BCUT2D eigenvalue weighted by molar-refractivity contribution is 8.02. The number of carbonyl (C=O) groups excluding carboxylic acids is 5. The number of aryl methyl sites for hydroxylation is 1. The Hall–Kier alpha value is -5.19. The molecular formula is C49H64N8O7S. The predicted octanol–water partition coefficient (Wildman–Crippen LogP) is 5.65. The average Bonchev–Trinajstić information content (AvgIpc) is 3.85. The zero-order chi connectivity index (χ0) is 46.2. The van der Waals surface area contributed by atoms with Crippen LogP contribution in [0.15, 0.2) is 54.6 Å². The van der Waals surface area contributed by atoms with E-state index in [0.29, 0.717) is 57.6 Å². The fourth-order valence-corrected chi connectivity index (χ4v) is 11.6. The van der Waals surface area contributed by atoms with Gasteiger partial charge in [-0.2, -0.15) is 0 Å². The van der Waals surface area contributed by atoms with Crippen LogP contribution in [0.3, 0.4) is 0 Å². The standard InChI is InChI=1S/C49H64N8O7S/c1-7-39(58)54-23-19-31(26-54)46(60)56-21-11-9-10-16-38(56)45(59)52-36-24-29(3)65-27-34(50)30-17-18-37-33(25-30)40-41(44(63-6)42-32(14-12-20-51-42)43(40)55(37)8-2)49(4,5)28-64-48(62)35-15-13-22-57(53-35)47(36)61/h7,12,14,17-18,20,25,27,29,31,35-36,38,41,44,53H,1,8-11,13,15-16,19,21-24,26,28,50H2,2-6H3,(H,52,59)/b34-27-/t29?,31-,35-,36-,38-,41?,44-/m0/s1. The molecule has 6 heterocycles. The fourth-order valence-electron chi connectivity index (χ4n) is 10.8. The minimum atomic E-state index is -0.981. The first-order chi connectivity index (χ1) is 31.3. The molecule has 16 heteroatoms. The summed E-state index contributed by atoms with van der Waals surface area (Å²) in [5.74, 6) is -2.29. The summed E-state index contributed by atoms with van der Waals surface area (Å²) >= 11 is 1.48. The number of hydrogen-bond acceptors (Lipinski definition) is 11. The highest BCUT2D eigenvalue weighted by Crippen LogP contribution is 2.57. The number of nitrogens with one attached hydrogen (secondary N) is 2. The number of amides is 4. The van der Waals surface area contributed by atoms with E-state index in [2.05, 4.69) is 60.9 Å². The fraction of sp³-hybridized carbons (Fsp3) is 0.551. The van der Waals surface area contributed by atoms with Gasteiger partial charge >= 0.3 is 5.97 Å². The first-order valence-corrected chi connectivity index (χ1v) is 24.2. The van der Waals surface area contributed by atoms with Gasteiger partial charge in [-0.3, -0.25) is 34.0 Å². The third-order valence-electron chi connectivity index (χ3n) is 14.1. The molecule has 1 aromatic carbocycles. The van der Waals surface area contributed by atoms with Gasteiger partial charge in [0.15, 0.2) is 0 Å². The Bertz CT molecular complexity index is 2380. The van der Waals surface area contributed by atoms with Crippen molar-refractivity contribution in [2.75, 3.05) is 39.9 Å². The molecular weight excluding hydrogens is 845 g/mol. The third-order valence-corrected chi connectivity index (χ3v) is 15.2. The first kappa shape index (κ1) is 46.3. The molecule has 348 valence electrons. The third kappa shape index (κ3) is 9.05. The molecule has 2 unspecified atom stereocenters. The lowest BCUT2D eigenvalue weighted by molar-refractivity contribution is -0.156. The van der Waals surface area contributed by atoms with Gasteiger partial charge < -0.3 is 34.9 Å². The maximum atomic E-state index is 14.7. The van der Waals surface area contributed by atoms with Crippen LogP contribution < -0.4 is 16.5 Å². The average molecular weight is 909 g/mol. The van der Waals surface area contributed by atoms with Gasteiger partial charge in [-0.1, -0.05) is 46.3 Å². The molecule has 3 saturated heterocycles. The number of thioether (sulfide) groups is 1. The van der Waals surface area contributed by atoms with Gasteiger partial charge in [0.1, 0.15) is 24.2 Å². The van der Waals surface area contributed by atoms with Crippen molar-refractivity contribution < 1.29 is 33.4 Å². The van der Waals surface area contributed by atoms with Crippen LogP contribution in [0.25, 0.3) is 27.9 Å². The molecule has 1 aliphatic carbocycles. The molecule has 8 rings (SSSR count). The zero-order valence-electron chi connectivity index (χ0n) is 38.3. The van der Waals surface area contributed by atoms with Crippen LogP contribution >= 0.6 is 11.8 Å². The number of hydrogen-bond donors (Lipinski definition) is 3. The lowest BCUT2D eigenvalue weighted by Gasteiger charge is -2.42. The Kier molecular flexibility index (Phi) is 13.8. The largest absolute Gasteiger partial charge is 0.464 e. The van der Waals surface area contributed by atoms with E-state index in [1.165, 1.54) is 22.8 Å². The van der Waals surface area contributed by atoms with Crippen molar-refractivity contribution in [3.63, 3.8) is 0 Å². The topological polar surface area (TPSA) is 181 Å². The second kappa shape index (κ2) is 19.3. The molecule has 4 N–H and O–H groups in total. The molecule has 4 aliphatic heterocycles. The van der Waals surface area contributed by atoms with Crippen LogP contribution in [0.5, 0.6) is 0 Å². The van der Waals surface area contributed by atoms with E-state index >= 15 is 0 Å². The van der Waals surface area contributed by atoms with E-state index in [0.717, 1.165) is 58.2 Å². The van der Waals surface area contributed by atoms with Crippen LogP contribution in [0.2, 0.25) is 0 Å². The molecule has 7 atom stereocenters. The van der Waals surface area contributed by atoms with Crippen molar-refractivity contribution in [1.82, 2.24) is 35.1 Å². The van der Waals surface area contributed by atoms with Gasteiger partial charge in [0.2, 0.25) is 17.7 Å². The summed E-state index contributed by atoms with van der Waals surface area (Å²) in [5, 5.41) is 7.31. The quantitative estimate of drug-likeness (QED) is 0.206. The zero-order valence-corrected chi connectivity index (χ0v) is 39.2. The van der Waals surface area contributed by atoms with Crippen LogP contribution in [0.4, 0.5) is 0 Å². The molecule has 0 radical (unpaired) electrons. The maximum Gasteiger partial charge on any atom is 0.324 e. The SMILES string of the molecule is C=CC(=O)N1CC[C@H](C(=O)N2CCCCC[C@H]2C(=O)N[C@H]2CC(C)S/C=C(\N)c3ccc4c(c3)c3c(n4CC)-c4cccnc4[C@@H](OC)C3C(C)(C)COC(=O)[C@@H]3CCCN(N3)C2=O)C1. The second-order valence-electron chi connectivity index (χ2n) is 18.9. The van der Waals surface area contributed by atoms with Gasteiger partial charge in [0, 0.05) is 84.8 Å². The van der Waals surface area contributed by atoms with Crippen molar-refractivity contribution in [3.8, 4) is 11.3 Å². The molecule has 3 aromatic rings. The Morgan fingerprint density at radius 2 is 1.91 bits per heavy atom.